The molecule has 32 heavy (non-hydrogen) atoms. The fraction of sp³-hybridized carbons (Fsp3) is 0.440. The van der Waals surface area contributed by atoms with Gasteiger partial charge >= 0.3 is 0 Å². The van der Waals surface area contributed by atoms with Crippen LogP contribution in [0.1, 0.15) is 37.3 Å². The molecule has 0 saturated carbocycles. The van der Waals surface area contributed by atoms with Crippen LogP contribution in [0.3, 0.4) is 0 Å². The molecule has 7 heteroatoms. The summed E-state index contributed by atoms with van der Waals surface area (Å²) in [5, 5.41) is 1.12. The van der Waals surface area contributed by atoms with Crippen molar-refractivity contribution in [1.29, 1.82) is 0 Å². The van der Waals surface area contributed by atoms with Crippen LogP contribution in [-0.2, 0) is 10.2 Å². The fourth-order valence-corrected chi connectivity index (χ4v) is 6.34. The number of anilines is 1. The van der Waals surface area contributed by atoms with Crippen LogP contribution in [0.25, 0.3) is 10.9 Å². The zero-order valence-electron chi connectivity index (χ0n) is 19.4. The number of piperidine rings is 1. The summed E-state index contributed by atoms with van der Waals surface area (Å²) < 4.78 is 30.9. The Kier molecular flexibility index (Phi) is 6.60. The lowest BCUT2D eigenvalue weighted by Crippen LogP contribution is -2.48. The van der Waals surface area contributed by atoms with Gasteiger partial charge in [0.15, 0.2) is 0 Å². The molecule has 1 fully saturated rings. The van der Waals surface area contributed by atoms with Crippen molar-refractivity contribution in [1.82, 2.24) is 14.0 Å². The van der Waals surface area contributed by atoms with Crippen molar-refractivity contribution in [3.05, 3.63) is 65.9 Å². The standard InChI is InChI=1S/C25H34N4O2S/c1-18-13-19(2)17-29(16-18)32(30,31)27-15-23(20-9-11-21(12-10-20)28(3)4)24-14-26-25-8-6-5-7-22(24)25/h5-12,14,18-19,23,26-27H,13,15-17H2,1-4H3. The summed E-state index contributed by atoms with van der Waals surface area (Å²) >= 11 is 0. The molecule has 3 aromatic rings. The summed E-state index contributed by atoms with van der Waals surface area (Å²) in [4.78, 5) is 5.41. The van der Waals surface area contributed by atoms with E-state index >= 15 is 0 Å². The summed E-state index contributed by atoms with van der Waals surface area (Å²) in [5.41, 5.74) is 4.35. The minimum absolute atomic E-state index is 0.100. The van der Waals surface area contributed by atoms with E-state index in [-0.39, 0.29) is 5.92 Å². The lowest BCUT2D eigenvalue weighted by molar-refractivity contribution is 0.220. The number of rotatable bonds is 7. The Morgan fingerprint density at radius 3 is 2.38 bits per heavy atom. The second kappa shape index (κ2) is 9.25. The quantitative estimate of drug-likeness (QED) is 0.563. The molecule has 172 valence electrons. The highest BCUT2D eigenvalue weighted by Gasteiger charge is 2.31. The molecule has 6 nitrogen and oxygen atoms in total. The first kappa shape index (κ1) is 22.8. The number of hydrogen-bond acceptors (Lipinski definition) is 3. The molecule has 2 N–H and O–H groups in total. The van der Waals surface area contributed by atoms with Crippen LogP contribution in [-0.4, -0.2) is 51.4 Å². The van der Waals surface area contributed by atoms with E-state index in [2.05, 4.69) is 58.8 Å². The van der Waals surface area contributed by atoms with Crippen molar-refractivity contribution >= 4 is 26.8 Å². The van der Waals surface area contributed by atoms with E-state index in [4.69, 9.17) is 0 Å². The van der Waals surface area contributed by atoms with E-state index in [0.717, 1.165) is 34.1 Å². The van der Waals surface area contributed by atoms with Gasteiger partial charge in [0.2, 0.25) is 0 Å². The van der Waals surface area contributed by atoms with Gasteiger partial charge in [-0.25, -0.2) is 4.72 Å². The number of benzene rings is 2. The van der Waals surface area contributed by atoms with Crippen LogP contribution in [0.15, 0.2) is 54.7 Å². The second-order valence-corrected chi connectivity index (χ2v) is 11.2. The lowest BCUT2D eigenvalue weighted by Gasteiger charge is -2.34. The number of nitrogens with one attached hydrogen (secondary N) is 2. The number of para-hydroxylation sites is 1. The maximum atomic E-state index is 13.2. The Morgan fingerprint density at radius 1 is 1.06 bits per heavy atom. The largest absolute Gasteiger partial charge is 0.378 e. The molecule has 0 aliphatic carbocycles. The highest BCUT2D eigenvalue weighted by Crippen LogP contribution is 2.32. The molecule has 0 spiro atoms. The molecule has 0 bridgehead atoms. The van der Waals surface area contributed by atoms with Crippen LogP contribution >= 0.6 is 0 Å². The van der Waals surface area contributed by atoms with Gasteiger partial charge in [0, 0.05) is 62.4 Å². The Morgan fingerprint density at radius 2 is 1.72 bits per heavy atom. The molecule has 1 aliphatic heterocycles. The van der Waals surface area contributed by atoms with Crippen molar-refractivity contribution in [2.24, 2.45) is 11.8 Å². The van der Waals surface area contributed by atoms with Crippen LogP contribution < -0.4 is 9.62 Å². The molecule has 1 aliphatic rings. The predicted molar refractivity (Wildman–Crippen MR) is 132 cm³/mol. The number of nitrogens with zero attached hydrogens (tertiary/aromatic N) is 2. The SMILES string of the molecule is CC1CC(C)CN(S(=O)(=O)NCC(c2ccc(N(C)C)cc2)c2c[nH]c3ccccc23)C1. The third-order valence-corrected chi connectivity index (χ3v) is 7.96. The third-order valence-electron chi connectivity index (χ3n) is 6.45. The smallest absolute Gasteiger partial charge is 0.279 e. The molecule has 0 radical (unpaired) electrons. The number of aromatic nitrogens is 1. The van der Waals surface area contributed by atoms with E-state index < -0.39 is 10.2 Å². The molecule has 2 aromatic carbocycles. The van der Waals surface area contributed by atoms with Crippen LogP contribution in [0.4, 0.5) is 5.69 Å². The van der Waals surface area contributed by atoms with Gasteiger partial charge in [-0.1, -0.05) is 44.2 Å². The molecule has 2 heterocycles. The zero-order chi connectivity index (χ0) is 22.9. The monoisotopic (exact) mass is 454 g/mol. The van der Waals surface area contributed by atoms with Crippen LogP contribution in [0.2, 0.25) is 0 Å². The number of H-pyrrole nitrogens is 1. The van der Waals surface area contributed by atoms with E-state index in [0.29, 0.717) is 31.5 Å². The first-order valence-electron chi connectivity index (χ1n) is 11.3. The minimum Gasteiger partial charge on any atom is -0.378 e. The Balaban J connectivity index is 1.64. The van der Waals surface area contributed by atoms with Crippen molar-refractivity contribution in [3.8, 4) is 0 Å². The Bertz CT molecular complexity index is 1140. The molecule has 3 unspecified atom stereocenters. The maximum absolute atomic E-state index is 13.2. The van der Waals surface area contributed by atoms with Gasteiger partial charge in [-0.05, 0) is 47.6 Å². The summed E-state index contributed by atoms with van der Waals surface area (Å²) in [5.74, 6) is 0.647. The first-order valence-corrected chi connectivity index (χ1v) is 12.8. The normalized spacial score (nSPS) is 21.0. The van der Waals surface area contributed by atoms with Gasteiger partial charge in [0.05, 0.1) is 0 Å². The molecule has 4 rings (SSSR count). The van der Waals surface area contributed by atoms with Crippen LogP contribution in [0.5, 0.6) is 0 Å². The fourth-order valence-electron chi connectivity index (χ4n) is 4.88. The molecule has 1 saturated heterocycles. The predicted octanol–water partition coefficient (Wildman–Crippen LogP) is 4.18. The van der Waals surface area contributed by atoms with Crippen LogP contribution in [0, 0.1) is 11.8 Å². The second-order valence-electron chi connectivity index (χ2n) is 9.44. The molecule has 3 atom stereocenters. The molecular weight excluding hydrogens is 420 g/mol. The van der Waals surface area contributed by atoms with Gasteiger partial charge in [0.25, 0.3) is 10.2 Å². The molecular formula is C25H34N4O2S. The van der Waals surface area contributed by atoms with Gasteiger partial charge in [0.1, 0.15) is 0 Å². The molecule has 0 amide bonds. The minimum atomic E-state index is -3.55. The van der Waals surface area contributed by atoms with Crippen molar-refractivity contribution in [2.75, 3.05) is 38.6 Å². The summed E-state index contributed by atoms with van der Waals surface area (Å²) in [6.07, 6.45) is 3.08. The van der Waals surface area contributed by atoms with Gasteiger partial charge in [-0.15, -0.1) is 0 Å². The average Bonchev–Trinajstić information content (AvgIpc) is 3.17. The maximum Gasteiger partial charge on any atom is 0.279 e. The Labute approximate surface area is 191 Å². The average molecular weight is 455 g/mol. The Hall–Kier alpha value is -2.35. The van der Waals surface area contributed by atoms with E-state index in [1.165, 1.54) is 0 Å². The highest BCUT2D eigenvalue weighted by molar-refractivity contribution is 7.87. The van der Waals surface area contributed by atoms with Crippen molar-refractivity contribution < 1.29 is 8.42 Å². The number of hydrogen-bond donors (Lipinski definition) is 2. The topological polar surface area (TPSA) is 68.4 Å². The zero-order valence-corrected chi connectivity index (χ0v) is 20.2. The van der Waals surface area contributed by atoms with E-state index in [1.54, 1.807) is 4.31 Å². The lowest BCUT2D eigenvalue weighted by atomic mass is 9.91. The molecule has 1 aromatic heterocycles. The van der Waals surface area contributed by atoms with Crippen molar-refractivity contribution in [2.45, 2.75) is 26.2 Å². The summed E-state index contributed by atoms with van der Waals surface area (Å²) in [7, 11) is 0.476. The number of aromatic amines is 1. The first-order chi connectivity index (χ1) is 15.2. The highest BCUT2D eigenvalue weighted by atomic mass is 32.2. The van der Waals surface area contributed by atoms with Gasteiger partial charge in [-0.2, -0.15) is 12.7 Å². The number of fused-ring (bicyclic) bond motifs is 1. The summed E-state index contributed by atoms with van der Waals surface area (Å²) in [6, 6.07) is 16.5. The van der Waals surface area contributed by atoms with E-state index in [9.17, 15) is 8.42 Å². The third kappa shape index (κ3) is 4.85. The van der Waals surface area contributed by atoms with E-state index in [1.807, 2.05) is 38.5 Å². The van der Waals surface area contributed by atoms with Gasteiger partial charge in [-0.3, -0.25) is 0 Å². The van der Waals surface area contributed by atoms with Gasteiger partial charge < -0.3 is 9.88 Å². The summed E-state index contributed by atoms with van der Waals surface area (Å²) in [6.45, 7) is 5.72. The van der Waals surface area contributed by atoms with Crippen molar-refractivity contribution in [3.63, 3.8) is 0 Å².